The van der Waals surface area contributed by atoms with Crippen molar-refractivity contribution in [3.05, 3.63) is 29.6 Å². The highest BCUT2D eigenvalue weighted by atomic mass is 19.1. The molecule has 1 aliphatic carbocycles. The van der Waals surface area contributed by atoms with E-state index >= 15 is 0 Å². The number of ether oxygens (including phenoxy) is 1. The largest absolute Gasteiger partial charge is 0.375 e. The first-order valence-corrected chi connectivity index (χ1v) is 8.08. The molecule has 118 valence electrons. The Hall–Kier alpha value is -1.46. The first-order chi connectivity index (χ1) is 10.6. The average molecular weight is 304 g/mol. The quantitative estimate of drug-likeness (QED) is 0.862. The summed E-state index contributed by atoms with van der Waals surface area (Å²) in [6, 6.07) is 4.73. The number of amides is 1. The second-order valence-corrected chi connectivity index (χ2v) is 6.70. The zero-order valence-electron chi connectivity index (χ0n) is 12.8. The minimum atomic E-state index is -0.347. The molecular weight excluding hydrogens is 283 g/mol. The molecule has 1 saturated heterocycles. The van der Waals surface area contributed by atoms with Gasteiger partial charge in [0, 0.05) is 24.1 Å². The lowest BCUT2D eigenvalue weighted by Crippen LogP contribution is -2.57. The highest BCUT2D eigenvalue weighted by Crippen LogP contribution is 2.53. The van der Waals surface area contributed by atoms with Gasteiger partial charge in [-0.15, -0.1) is 0 Å². The molecule has 0 radical (unpaired) electrons. The third-order valence-corrected chi connectivity index (χ3v) is 5.43. The average Bonchev–Trinajstić information content (AvgIpc) is 2.84. The van der Waals surface area contributed by atoms with Crippen molar-refractivity contribution in [2.45, 2.75) is 43.7 Å². The van der Waals surface area contributed by atoms with E-state index < -0.39 is 0 Å². The third kappa shape index (κ3) is 1.92. The number of anilines is 1. The van der Waals surface area contributed by atoms with Crippen LogP contribution in [0.25, 0.3) is 0 Å². The lowest BCUT2D eigenvalue weighted by atomic mass is 9.65. The fourth-order valence-corrected chi connectivity index (χ4v) is 4.12. The summed E-state index contributed by atoms with van der Waals surface area (Å²) in [7, 11) is 0. The first-order valence-electron chi connectivity index (χ1n) is 8.08. The number of fused-ring (bicyclic) bond motifs is 2. The molecule has 22 heavy (non-hydrogen) atoms. The summed E-state index contributed by atoms with van der Waals surface area (Å²) >= 11 is 0. The number of benzene rings is 1. The van der Waals surface area contributed by atoms with Gasteiger partial charge in [0.15, 0.2) is 0 Å². The topological polar surface area (TPSA) is 41.6 Å². The fraction of sp³-hybridized carbons (Fsp3) is 0.588. The molecule has 4 rings (SSSR count). The van der Waals surface area contributed by atoms with Crippen molar-refractivity contribution in [1.29, 1.82) is 0 Å². The van der Waals surface area contributed by atoms with Crippen LogP contribution >= 0.6 is 0 Å². The minimum absolute atomic E-state index is 0.00262. The number of nitrogens with zero attached hydrogens (tertiary/aromatic N) is 1. The van der Waals surface area contributed by atoms with Crippen molar-refractivity contribution < 1.29 is 13.9 Å². The molecule has 1 aromatic carbocycles. The van der Waals surface area contributed by atoms with Crippen molar-refractivity contribution in [3.63, 3.8) is 0 Å². The second kappa shape index (κ2) is 5.03. The maximum Gasteiger partial charge on any atom is 0.246 e. The van der Waals surface area contributed by atoms with Gasteiger partial charge in [0.1, 0.15) is 11.9 Å². The summed E-state index contributed by atoms with van der Waals surface area (Å²) in [5.74, 6) is -0.170. The molecule has 2 heterocycles. The van der Waals surface area contributed by atoms with Crippen LogP contribution in [0, 0.1) is 5.82 Å². The number of hydrogen-bond donors (Lipinski definition) is 1. The summed E-state index contributed by atoms with van der Waals surface area (Å²) in [4.78, 5) is 14.8. The van der Waals surface area contributed by atoms with E-state index in [1.807, 2.05) is 13.0 Å². The lowest BCUT2D eigenvalue weighted by molar-refractivity contribution is -0.126. The Morgan fingerprint density at radius 2 is 2.27 bits per heavy atom. The van der Waals surface area contributed by atoms with E-state index in [0.717, 1.165) is 30.5 Å². The summed E-state index contributed by atoms with van der Waals surface area (Å²) in [5.41, 5.74) is 1.35. The molecule has 0 aromatic heterocycles. The third-order valence-electron chi connectivity index (χ3n) is 5.43. The van der Waals surface area contributed by atoms with E-state index in [2.05, 4.69) is 5.32 Å². The van der Waals surface area contributed by atoms with Gasteiger partial charge in [-0.05, 0) is 31.9 Å². The number of rotatable bonds is 1. The fourth-order valence-electron chi connectivity index (χ4n) is 4.12. The number of nitrogens with one attached hydrogen (secondary N) is 1. The number of carbonyl (C=O) groups excluding carboxylic acids is 1. The monoisotopic (exact) mass is 304 g/mol. The van der Waals surface area contributed by atoms with Crippen LogP contribution in [0.2, 0.25) is 0 Å². The Morgan fingerprint density at radius 3 is 2.95 bits per heavy atom. The zero-order chi connectivity index (χ0) is 15.3. The van der Waals surface area contributed by atoms with Gasteiger partial charge in [0.25, 0.3) is 0 Å². The molecule has 0 unspecified atom stereocenters. The van der Waals surface area contributed by atoms with Crippen LogP contribution in [0.4, 0.5) is 10.1 Å². The predicted molar refractivity (Wildman–Crippen MR) is 81.5 cm³/mol. The minimum Gasteiger partial charge on any atom is -0.375 e. The molecule has 1 N–H and O–H groups in total. The van der Waals surface area contributed by atoms with Crippen LogP contribution in [0.3, 0.4) is 0 Å². The summed E-state index contributed by atoms with van der Waals surface area (Å²) in [5, 5.41) is 3.24. The van der Waals surface area contributed by atoms with Gasteiger partial charge in [-0.3, -0.25) is 4.79 Å². The maximum atomic E-state index is 14.4. The molecule has 2 aliphatic heterocycles. The first kappa shape index (κ1) is 14.2. The molecule has 1 spiro atoms. The molecular formula is C17H21FN2O2. The molecule has 0 bridgehead atoms. The number of carbonyl (C=O) groups is 1. The predicted octanol–water partition coefficient (Wildman–Crippen LogP) is 1.97. The molecule has 5 heteroatoms. The van der Waals surface area contributed by atoms with E-state index in [4.69, 9.17) is 4.74 Å². The lowest BCUT2D eigenvalue weighted by Gasteiger charge is -2.39. The van der Waals surface area contributed by atoms with Crippen LogP contribution in [0.1, 0.15) is 31.7 Å². The van der Waals surface area contributed by atoms with Crippen LogP contribution in [0.15, 0.2) is 18.2 Å². The number of morpholine rings is 1. The van der Waals surface area contributed by atoms with Crippen LogP contribution < -0.4 is 10.2 Å². The summed E-state index contributed by atoms with van der Waals surface area (Å²) in [6.07, 6.45) is 2.89. The van der Waals surface area contributed by atoms with E-state index in [-0.39, 0.29) is 29.3 Å². The molecule has 2 atom stereocenters. The van der Waals surface area contributed by atoms with Crippen molar-refractivity contribution in [2.24, 2.45) is 0 Å². The van der Waals surface area contributed by atoms with Crippen molar-refractivity contribution in [2.75, 3.05) is 24.6 Å². The second-order valence-electron chi connectivity index (χ2n) is 6.70. The van der Waals surface area contributed by atoms with Gasteiger partial charge >= 0.3 is 0 Å². The van der Waals surface area contributed by atoms with Gasteiger partial charge in [0.2, 0.25) is 5.91 Å². The Bertz CT molecular complexity index is 615. The van der Waals surface area contributed by atoms with Gasteiger partial charge < -0.3 is 15.0 Å². The normalized spacial score (nSPS) is 29.3. The number of hydrogen-bond acceptors (Lipinski definition) is 3. The SMILES string of the molecule is C[C@H]1OCCN[C@@H]1C(=O)N1CC2(CCC2)c2c(F)cccc21. The van der Waals surface area contributed by atoms with Crippen molar-refractivity contribution in [1.82, 2.24) is 5.32 Å². The highest BCUT2D eigenvalue weighted by molar-refractivity contribution is 6.00. The van der Waals surface area contributed by atoms with Crippen molar-refractivity contribution in [3.8, 4) is 0 Å². The van der Waals surface area contributed by atoms with E-state index in [0.29, 0.717) is 19.7 Å². The molecule has 3 aliphatic rings. The standard InChI is InChI=1S/C17H21FN2O2/c1-11-15(19-8-9-22-11)16(21)20-10-17(6-3-7-17)14-12(18)4-2-5-13(14)20/h2,4-5,11,15,19H,3,6-10H2,1H3/t11-,15+/m1/s1. The van der Waals surface area contributed by atoms with Gasteiger partial charge in [0.05, 0.1) is 18.4 Å². The summed E-state index contributed by atoms with van der Waals surface area (Å²) in [6.45, 7) is 3.82. The molecule has 1 aromatic rings. The van der Waals surface area contributed by atoms with Gasteiger partial charge in [-0.1, -0.05) is 12.5 Å². The smallest absolute Gasteiger partial charge is 0.246 e. The highest BCUT2D eigenvalue weighted by Gasteiger charge is 2.51. The molecule has 2 fully saturated rings. The molecule has 1 amide bonds. The molecule has 4 nitrogen and oxygen atoms in total. The summed E-state index contributed by atoms with van der Waals surface area (Å²) < 4.78 is 20.0. The van der Waals surface area contributed by atoms with Gasteiger partial charge in [-0.2, -0.15) is 0 Å². The van der Waals surface area contributed by atoms with Crippen LogP contribution in [0.5, 0.6) is 0 Å². The van der Waals surface area contributed by atoms with Gasteiger partial charge in [-0.25, -0.2) is 4.39 Å². The number of halogens is 1. The van der Waals surface area contributed by atoms with E-state index in [1.54, 1.807) is 11.0 Å². The zero-order valence-corrected chi connectivity index (χ0v) is 12.8. The Morgan fingerprint density at radius 1 is 1.45 bits per heavy atom. The maximum absolute atomic E-state index is 14.4. The van der Waals surface area contributed by atoms with E-state index in [1.165, 1.54) is 6.07 Å². The Labute approximate surface area is 129 Å². The van der Waals surface area contributed by atoms with E-state index in [9.17, 15) is 9.18 Å². The Balaban J connectivity index is 1.69. The van der Waals surface area contributed by atoms with Crippen LogP contribution in [-0.4, -0.2) is 37.7 Å². The molecule has 1 saturated carbocycles. The van der Waals surface area contributed by atoms with Crippen LogP contribution in [-0.2, 0) is 14.9 Å². The Kier molecular flexibility index (Phi) is 3.24. The van der Waals surface area contributed by atoms with Crippen molar-refractivity contribution >= 4 is 11.6 Å².